The van der Waals surface area contributed by atoms with Crippen LogP contribution >= 0.6 is 27.5 Å². The van der Waals surface area contributed by atoms with E-state index in [1.54, 1.807) is 24.4 Å². The van der Waals surface area contributed by atoms with Crippen LogP contribution in [0.4, 0.5) is 0 Å². The zero-order chi connectivity index (χ0) is 14.1. The fourth-order valence-corrected chi connectivity index (χ4v) is 2.78. The number of aromatic nitrogens is 1. The molecule has 1 aliphatic heterocycles. The van der Waals surface area contributed by atoms with E-state index < -0.39 is 0 Å². The van der Waals surface area contributed by atoms with E-state index in [0.29, 0.717) is 17.3 Å². The highest BCUT2D eigenvalue weighted by atomic mass is 79.9. The predicted molar refractivity (Wildman–Crippen MR) is 80.6 cm³/mol. The first-order chi connectivity index (χ1) is 9.63. The van der Waals surface area contributed by atoms with E-state index in [1.807, 2.05) is 6.07 Å². The van der Waals surface area contributed by atoms with Crippen molar-refractivity contribution in [1.82, 2.24) is 4.98 Å². The Morgan fingerprint density at radius 1 is 1.40 bits per heavy atom. The Labute approximate surface area is 130 Å². The van der Waals surface area contributed by atoms with E-state index in [4.69, 9.17) is 16.3 Å². The van der Waals surface area contributed by atoms with E-state index in [1.165, 1.54) is 0 Å². The van der Waals surface area contributed by atoms with Crippen molar-refractivity contribution in [3.05, 3.63) is 56.8 Å². The Kier molecular flexibility index (Phi) is 3.76. The molecule has 0 amide bonds. The van der Waals surface area contributed by atoms with Crippen LogP contribution in [-0.2, 0) is 12.8 Å². The van der Waals surface area contributed by atoms with Crippen molar-refractivity contribution < 1.29 is 9.53 Å². The molecule has 20 heavy (non-hydrogen) atoms. The lowest BCUT2D eigenvalue weighted by Crippen LogP contribution is -2.07. The van der Waals surface area contributed by atoms with Crippen molar-refractivity contribution in [2.75, 3.05) is 6.61 Å². The number of hydrogen-bond donors (Lipinski definition) is 0. The second kappa shape index (κ2) is 5.54. The van der Waals surface area contributed by atoms with Crippen LogP contribution in [0.2, 0.25) is 5.02 Å². The minimum atomic E-state index is -0.0440. The van der Waals surface area contributed by atoms with Crippen LogP contribution in [-0.4, -0.2) is 17.4 Å². The molecule has 0 fully saturated rings. The first kappa shape index (κ1) is 13.6. The molecule has 0 bridgehead atoms. The predicted octanol–water partition coefficient (Wildman–Crippen LogP) is 3.86. The van der Waals surface area contributed by atoms with Gasteiger partial charge in [-0.1, -0.05) is 11.6 Å². The Morgan fingerprint density at radius 3 is 3.00 bits per heavy atom. The molecule has 0 atom stereocenters. The SMILES string of the molecule is O=C(Cc1cc(Cl)cc2c1OCC2)c1ccc(Br)cn1. The van der Waals surface area contributed by atoms with E-state index in [9.17, 15) is 4.79 Å². The van der Waals surface area contributed by atoms with Crippen LogP contribution in [0, 0.1) is 0 Å². The maximum atomic E-state index is 12.3. The number of Topliss-reactive ketones (excluding diaryl/α,β-unsaturated/α-hetero) is 1. The van der Waals surface area contributed by atoms with Gasteiger partial charge in [0.2, 0.25) is 0 Å². The van der Waals surface area contributed by atoms with Crippen molar-refractivity contribution in [3.8, 4) is 5.75 Å². The fraction of sp³-hybridized carbons (Fsp3) is 0.200. The summed E-state index contributed by atoms with van der Waals surface area (Å²) in [7, 11) is 0. The Hall–Kier alpha value is -1.39. The average Bonchev–Trinajstić information content (AvgIpc) is 2.87. The van der Waals surface area contributed by atoms with Crippen LogP contribution in [0.5, 0.6) is 5.75 Å². The van der Waals surface area contributed by atoms with E-state index in [-0.39, 0.29) is 12.2 Å². The summed E-state index contributed by atoms with van der Waals surface area (Å²) in [6, 6.07) is 7.20. The van der Waals surface area contributed by atoms with Gasteiger partial charge in [-0.15, -0.1) is 0 Å². The van der Waals surface area contributed by atoms with Gasteiger partial charge in [-0.25, -0.2) is 0 Å². The average molecular weight is 353 g/mol. The van der Waals surface area contributed by atoms with Gasteiger partial charge in [-0.05, 0) is 45.8 Å². The molecule has 3 nitrogen and oxygen atoms in total. The minimum absolute atomic E-state index is 0.0440. The van der Waals surface area contributed by atoms with Crippen molar-refractivity contribution in [3.63, 3.8) is 0 Å². The zero-order valence-electron chi connectivity index (χ0n) is 10.5. The highest BCUT2D eigenvalue weighted by molar-refractivity contribution is 9.10. The molecule has 1 aromatic carbocycles. The third-order valence-corrected chi connectivity index (χ3v) is 3.88. The van der Waals surface area contributed by atoms with E-state index in [0.717, 1.165) is 27.8 Å². The molecule has 102 valence electrons. The number of benzene rings is 1. The minimum Gasteiger partial charge on any atom is -0.493 e. The van der Waals surface area contributed by atoms with Gasteiger partial charge in [0.1, 0.15) is 11.4 Å². The molecule has 1 aliphatic rings. The third kappa shape index (κ3) is 2.72. The molecule has 0 aliphatic carbocycles. The van der Waals surface area contributed by atoms with Crippen molar-refractivity contribution >= 4 is 33.3 Å². The summed E-state index contributed by atoms with van der Waals surface area (Å²) < 4.78 is 6.45. The molecule has 1 aromatic heterocycles. The topological polar surface area (TPSA) is 39.2 Å². The van der Waals surface area contributed by atoms with Gasteiger partial charge >= 0.3 is 0 Å². The van der Waals surface area contributed by atoms with Crippen LogP contribution < -0.4 is 4.74 Å². The van der Waals surface area contributed by atoms with Crippen LogP contribution in [0.15, 0.2) is 34.9 Å². The summed E-state index contributed by atoms with van der Waals surface area (Å²) >= 11 is 9.39. The number of hydrogen-bond acceptors (Lipinski definition) is 3. The first-order valence-electron chi connectivity index (χ1n) is 6.22. The molecule has 0 radical (unpaired) electrons. The number of carbonyl (C=O) groups excluding carboxylic acids is 1. The second-order valence-electron chi connectivity index (χ2n) is 4.61. The first-order valence-corrected chi connectivity index (χ1v) is 7.39. The van der Waals surface area contributed by atoms with Crippen molar-refractivity contribution in [2.24, 2.45) is 0 Å². The normalized spacial score (nSPS) is 12.9. The lowest BCUT2D eigenvalue weighted by molar-refractivity contribution is 0.0987. The van der Waals surface area contributed by atoms with Crippen LogP contribution in [0.25, 0.3) is 0 Å². The smallest absolute Gasteiger partial charge is 0.185 e. The van der Waals surface area contributed by atoms with Crippen LogP contribution in [0.1, 0.15) is 21.6 Å². The molecule has 5 heteroatoms. The highest BCUT2D eigenvalue weighted by Gasteiger charge is 2.20. The highest BCUT2D eigenvalue weighted by Crippen LogP contribution is 2.33. The number of halogens is 2. The van der Waals surface area contributed by atoms with Gasteiger partial charge in [0.25, 0.3) is 0 Å². The molecule has 2 aromatic rings. The standard InChI is InChI=1S/C15H11BrClNO2/c16-11-1-2-13(18-8-11)14(19)7-10-6-12(17)5-9-3-4-20-15(9)10/h1-2,5-6,8H,3-4,7H2. The summed E-state index contributed by atoms with van der Waals surface area (Å²) in [6.45, 7) is 0.646. The van der Waals surface area contributed by atoms with Gasteiger partial charge in [-0.3, -0.25) is 9.78 Å². The van der Waals surface area contributed by atoms with Crippen LogP contribution in [0.3, 0.4) is 0 Å². The zero-order valence-corrected chi connectivity index (χ0v) is 12.9. The number of pyridine rings is 1. The third-order valence-electron chi connectivity index (χ3n) is 3.19. The maximum Gasteiger partial charge on any atom is 0.185 e. The lowest BCUT2D eigenvalue weighted by atomic mass is 10.0. The second-order valence-corrected chi connectivity index (χ2v) is 5.97. The maximum absolute atomic E-state index is 12.3. The summed E-state index contributed by atoms with van der Waals surface area (Å²) in [5, 5.41) is 0.640. The quantitative estimate of drug-likeness (QED) is 0.788. The number of rotatable bonds is 3. The van der Waals surface area contributed by atoms with Gasteiger partial charge in [0.05, 0.1) is 6.61 Å². The van der Waals surface area contributed by atoms with Gasteiger partial charge < -0.3 is 4.74 Å². The Balaban J connectivity index is 1.88. The summed E-state index contributed by atoms with van der Waals surface area (Å²) in [5.41, 5.74) is 2.35. The van der Waals surface area contributed by atoms with Crippen molar-refractivity contribution in [2.45, 2.75) is 12.8 Å². The molecule has 0 saturated heterocycles. The molecule has 2 heterocycles. The summed E-state index contributed by atoms with van der Waals surface area (Å²) in [4.78, 5) is 16.4. The van der Waals surface area contributed by atoms with E-state index >= 15 is 0 Å². The fourth-order valence-electron chi connectivity index (χ4n) is 2.28. The molecule has 0 spiro atoms. The van der Waals surface area contributed by atoms with Crippen molar-refractivity contribution in [1.29, 1.82) is 0 Å². The number of nitrogens with zero attached hydrogens (tertiary/aromatic N) is 1. The Bertz CT molecular complexity index is 670. The summed E-state index contributed by atoms with van der Waals surface area (Å²) in [6.07, 6.45) is 2.71. The molecule has 0 saturated carbocycles. The number of carbonyl (C=O) groups is 1. The number of ether oxygens (including phenoxy) is 1. The molecule has 0 unspecified atom stereocenters. The number of ketones is 1. The monoisotopic (exact) mass is 351 g/mol. The molecule has 0 N–H and O–H groups in total. The van der Waals surface area contributed by atoms with Gasteiger partial charge in [-0.2, -0.15) is 0 Å². The summed E-state index contributed by atoms with van der Waals surface area (Å²) in [5.74, 6) is 0.761. The molecule has 3 rings (SSSR count). The Morgan fingerprint density at radius 2 is 2.25 bits per heavy atom. The molecular formula is C15H11BrClNO2. The van der Waals surface area contributed by atoms with Gasteiger partial charge in [0.15, 0.2) is 5.78 Å². The lowest BCUT2D eigenvalue weighted by Gasteiger charge is -2.08. The largest absolute Gasteiger partial charge is 0.493 e. The molecular weight excluding hydrogens is 342 g/mol. The van der Waals surface area contributed by atoms with E-state index in [2.05, 4.69) is 20.9 Å². The van der Waals surface area contributed by atoms with Gasteiger partial charge in [0, 0.05) is 34.1 Å². The number of fused-ring (bicyclic) bond motifs is 1.